The first kappa shape index (κ1) is 16.5. The van der Waals surface area contributed by atoms with Gasteiger partial charge in [-0.1, -0.05) is 0 Å². The van der Waals surface area contributed by atoms with Gasteiger partial charge in [-0.05, 0) is 43.0 Å². The second-order valence-corrected chi connectivity index (χ2v) is 6.60. The van der Waals surface area contributed by atoms with Crippen LogP contribution in [0.15, 0.2) is 24.3 Å². The summed E-state index contributed by atoms with van der Waals surface area (Å²) in [7, 11) is 0. The Morgan fingerprint density at radius 3 is 2.58 bits per heavy atom. The maximum Gasteiger partial charge on any atom is 0.317 e. The first-order valence-electron chi connectivity index (χ1n) is 8.35. The third-order valence-electron chi connectivity index (χ3n) is 4.90. The Morgan fingerprint density at radius 2 is 1.92 bits per heavy atom. The van der Waals surface area contributed by atoms with Crippen LogP contribution in [-0.4, -0.2) is 49.6 Å². The fourth-order valence-electron chi connectivity index (χ4n) is 3.41. The molecule has 1 aromatic carbocycles. The summed E-state index contributed by atoms with van der Waals surface area (Å²) >= 11 is 0. The number of nitrogens with one attached hydrogen (secondary N) is 1. The first-order chi connectivity index (χ1) is 11.5. The number of hydrogen-bond donors (Lipinski definition) is 2. The van der Waals surface area contributed by atoms with Crippen molar-refractivity contribution in [3.8, 4) is 0 Å². The number of benzene rings is 1. The number of halogens is 1. The molecule has 3 rings (SSSR count). The third-order valence-corrected chi connectivity index (χ3v) is 4.90. The first-order valence-corrected chi connectivity index (χ1v) is 8.35. The van der Waals surface area contributed by atoms with Gasteiger partial charge >= 0.3 is 6.03 Å². The molecule has 130 valence electrons. The van der Waals surface area contributed by atoms with Crippen LogP contribution in [0.2, 0.25) is 0 Å². The molecule has 0 saturated carbocycles. The fourth-order valence-corrected chi connectivity index (χ4v) is 3.41. The molecule has 2 saturated heterocycles. The summed E-state index contributed by atoms with van der Waals surface area (Å²) in [6, 6.07) is 6.37. The Morgan fingerprint density at radius 1 is 1.17 bits per heavy atom. The van der Waals surface area contributed by atoms with E-state index in [9.17, 15) is 14.0 Å². The Bertz CT molecular complexity index is 607. The minimum Gasteiger partial charge on any atom is -0.371 e. The van der Waals surface area contributed by atoms with Crippen LogP contribution in [0.4, 0.5) is 14.9 Å². The number of anilines is 1. The number of amides is 3. The number of rotatable bonds is 4. The van der Waals surface area contributed by atoms with E-state index in [0.29, 0.717) is 32.0 Å². The van der Waals surface area contributed by atoms with Crippen molar-refractivity contribution in [2.75, 3.05) is 37.6 Å². The van der Waals surface area contributed by atoms with Crippen LogP contribution >= 0.6 is 0 Å². The number of carbonyl (C=O) groups excluding carboxylic acids is 2. The van der Waals surface area contributed by atoms with Gasteiger partial charge in [0, 0.05) is 38.4 Å². The van der Waals surface area contributed by atoms with Crippen LogP contribution in [0.3, 0.4) is 0 Å². The van der Waals surface area contributed by atoms with Crippen LogP contribution in [0.5, 0.6) is 0 Å². The van der Waals surface area contributed by atoms with E-state index in [1.54, 1.807) is 17.0 Å². The van der Waals surface area contributed by atoms with Crippen molar-refractivity contribution in [2.45, 2.75) is 12.8 Å². The van der Waals surface area contributed by atoms with Crippen LogP contribution < -0.4 is 16.0 Å². The van der Waals surface area contributed by atoms with Crippen molar-refractivity contribution < 1.29 is 14.0 Å². The Hall–Kier alpha value is -2.31. The average molecular weight is 334 g/mol. The number of likely N-dealkylation sites (tertiary alicyclic amines) is 1. The molecular weight excluding hydrogens is 311 g/mol. The molecule has 1 aromatic rings. The largest absolute Gasteiger partial charge is 0.371 e. The molecule has 0 bridgehead atoms. The quantitative estimate of drug-likeness (QED) is 0.867. The lowest BCUT2D eigenvalue weighted by atomic mass is 10.1. The molecule has 6 nitrogen and oxygen atoms in total. The monoisotopic (exact) mass is 334 g/mol. The zero-order valence-electron chi connectivity index (χ0n) is 13.6. The SMILES string of the molecule is NC(=O)C1CCN(C(=O)NCC2CCN(c3ccc(F)cc3)C2)C1. The van der Waals surface area contributed by atoms with Gasteiger partial charge in [0.1, 0.15) is 5.82 Å². The highest BCUT2D eigenvalue weighted by Gasteiger charge is 2.30. The van der Waals surface area contributed by atoms with E-state index in [1.807, 2.05) is 0 Å². The lowest BCUT2D eigenvalue weighted by molar-refractivity contribution is -0.121. The van der Waals surface area contributed by atoms with Gasteiger partial charge in [0.2, 0.25) is 5.91 Å². The van der Waals surface area contributed by atoms with Crippen LogP contribution in [0, 0.1) is 17.7 Å². The van der Waals surface area contributed by atoms with E-state index >= 15 is 0 Å². The number of hydrogen-bond acceptors (Lipinski definition) is 3. The number of nitrogens with two attached hydrogens (primary N) is 1. The molecule has 24 heavy (non-hydrogen) atoms. The highest BCUT2D eigenvalue weighted by molar-refractivity contribution is 5.80. The topological polar surface area (TPSA) is 78.7 Å². The molecule has 3 amide bonds. The fraction of sp³-hybridized carbons (Fsp3) is 0.529. The van der Waals surface area contributed by atoms with Crippen molar-refractivity contribution in [1.29, 1.82) is 0 Å². The highest BCUT2D eigenvalue weighted by atomic mass is 19.1. The molecule has 3 N–H and O–H groups in total. The molecule has 2 fully saturated rings. The normalized spacial score (nSPS) is 23.5. The molecule has 2 heterocycles. The number of urea groups is 1. The summed E-state index contributed by atoms with van der Waals surface area (Å²) in [5.74, 6) is -0.428. The zero-order valence-corrected chi connectivity index (χ0v) is 13.6. The standard InChI is InChI=1S/C17H23FN4O2/c18-14-1-3-15(4-2-14)21-7-5-12(10-21)9-20-17(24)22-8-6-13(11-22)16(19)23/h1-4,12-13H,5-11H2,(H2,19,23)(H,20,24). The lowest BCUT2D eigenvalue weighted by Crippen LogP contribution is -2.41. The highest BCUT2D eigenvalue weighted by Crippen LogP contribution is 2.23. The molecule has 7 heteroatoms. The van der Waals surface area contributed by atoms with E-state index in [-0.39, 0.29) is 23.7 Å². The van der Waals surface area contributed by atoms with Crippen LogP contribution in [0.1, 0.15) is 12.8 Å². The summed E-state index contributed by atoms with van der Waals surface area (Å²) in [5, 5.41) is 2.96. The average Bonchev–Trinajstić information content (AvgIpc) is 3.23. The summed E-state index contributed by atoms with van der Waals surface area (Å²) in [4.78, 5) is 27.2. The van der Waals surface area contributed by atoms with Gasteiger partial charge in [-0.25, -0.2) is 9.18 Å². The van der Waals surface area contributed by atoms with E-state index < -0.39 is 0 Å². The summed E-state index contributed by atoms with van der Waals surface area (Å²) in [6.45, 7) is 3.34. The van der Waals surface area contributed by atoms with Crippen LogP contribution in [-0.2, 0) is 4.79 Å². The molecule has 2 atom stereocenters. The van der Waals surface area contributed by atoms with E-state index in [0.717, 1.165) is 25.2 Å². The van der Waals surface area contributed by atoms with E-state index in [4.69, 9.17) is 5.73 Å². The van der Waals surface area contributed by atoms with Gasteiger partial charge < -0.3 is 20.9 Å². The van der Waals surface area contributed by atoms with Crippen molar-refractivity contribution in [1.82, 2.24) is 10.2 Å². The molecule has 0 aliphatic carbocycles. The molecule has 0 spiro atoms. The van der Waals surface area contributed by atoms with Crippen molar-refractivity contribution in [2.24, 2.45) is 17.6 Å². The maximum absolute atomic E-state index is 13.0. The summed E-state index contributed by atoms with van der Waals surface area (Å²) in [5.41, 5.74) is 6.30. The van der Waals surface area contributed by atoms with Gasteiger partial charge in [-0.3, -0.25) is 4.79 Å². The second kappa shape index (κ2) is 7.07. The minimum absolute atomic E-state index is 0.126. The van der Waals surface area contributed by atoms with Gasteiger partial charge in [0.05, 0.1) is 5.92 Å². The molecular formula is C17H23FN4O2. The second-order valence-electron chi connectivity index (χ2n) is 6.60. The van der Waals surface area contributed by atoms with E-state index in [1.165, 1.54) is 12.1 Å². The molecule has 0 aromatic heterocycles. The summed E-state index contributed by atoms with van der Waals surface area (Å²) < 4.78 is 13.0. The number of nitrogens with zero attached hydrogens (tertiary/aromatic N) is 2. The van der Waals surface area contributed by atoms with Crippen molar-refractivity contribution >= 4 is 17.6 Å². The van der Waals surface area contributed by atoms with Gasteiger partial charge in [-0.15, -0.1) is 0 Å². The Labute approximate surface area is 140 Å². The molecule has 2 aliphatic heterocycles. The molecule has 2 aliphatic rings. The Balaban J connectivity index is 1.44. The van der Waals surface area contributed by atoms with Gasteiger partial charge in [0.15, 0.2) is 0 Å². The zero-order chi connectivity index (χ0) is 17.1. The van der Waals surface area contributed by atoms with Crippen LogP contribution in [0.25, 0.3) is 0 Å². The Kier molecular flexibility index (Phi) is 4.87. The molecule has 2 unspecified atom stereocenters. The maximum atomic E-state index is 13.0. The van der Waals surface area contributed by atoms with Crippen molar-refractivity contribution in [3.05, 3.63) is 30.1 Å². The van der Waals surface area contributed by atoms with E-state index in [2.05, 4.69) is 10.2 Å². The van der Waals surface area contributed by atoms with Crippen molar-refractivity contribution in [3.63, 3.8) is 0 Å². The third kappa shape index (κ3) is 3.77. The van der Waals surface area contributed by atoms with Gasteiger partial charge in [0.25, 0.3) is 0 Å². The number of carbonyl (C=O) groups is 2. The predicted molar refractivity (Wildman–Crippen MR) is 89.0 cm³/mol. The minimum atomic E-state index is -0.337. The predicted octanol–water partition coefficient (Wildman–Crippen LogP) is 1.17. The molecule has 0 radical (unpaired) electrons. The smallest absolute Gasteiger partial charge is 0.317 e. The lowest BCUT2D eigenvalue weighted by Gasteiger charge is -2.20. The number of primary amides is 1. The van der Waals surface area contributed by atoms with Gasteiger partial charge in [-0.2, -0.15) is 0 Å². The summed E-state index contributed by atoms with van der Waals surface area (Å²) in [6.07, 6.45) is 1.63.